The molecule has 120 valence electrons. The summed E-state index contributed by atoms with van der Waals surface area (Å²) >= 11 is 0. The van der Waals surface area contributed by atoms with Crippen molar-refractivity contribution in [1.82, 2.24) is 24.0 Å². The van der Waals surface area contributed by atoms with Gasteiger partial charge >= 0.3 is 5.69 Å². The van der Waals surface area contributed by atoms with Gasteiger partial charge in [-0.2, -0.15) is 4.98 Å². The molecule has 2 aromatic rings. The number of aryl methyl sites for hydroxylation is 2. The Labute approximate surface area is 128 Å². The van der Waals surface area contributed by atoms with Crippen molar-refractivity contribution < 1.29 is 0 Å². The Morgan fingerprint density at radius 3 is 2.45 bits per heavy atom. The summed E-state index contributed by atoms with van der Waals surface area (Å²) in [6.45, 7) is 6.03. The molecular weight excluding hydrogens is 284 g/mol. The first-order chi connectivity index (χ1) is 10.6. The highest BCUT2D eigenvalue weighted by atomic mass is 16.2. The molecule has 0 amide bonds. The molecule has 0 bridgehead atoms. The van der Waals surface area contributed by atoms with Crippen LogP contribution in [0.15, 0.2) is 9.59 Å². The van der Waals surface area contributed by atoms with E-state index in [0.29, 0.717) is 17.7 Å². The van der Waals surface area contributed by atoms with Gasteiger partial charge in [-0.15, -0.1) is 0 Å². The maximum atomic E-state index is 12.5. The number of hydrogen-bond acceptors (Lipinski definition) is 5. The maximum absolute atomic E-state index is 12.5. The first-order valence-electron chi connectivity index (χ1n) is 7.68. The lowest BCUT2D eigenvalue weighted by molar-refractivity contribution is 0.574. The number of fused-ring (bicyclic) bond motifs is 1. The third-order valence-corrected chi connectivity index (χ3v) is 4.18. The summed E-state index contributed by atoms with van der Waals surface area (Å²) in [7, 11) is 3.36. The van der Waals surface area contributed by atoms with E-state index < -0.39 is 0 Å². The Hall–Kier alpha value is -2.09. The molecule has 3 heterocycles. The van der Waals surface area contributed by atoms with Gasteiger partial charge in [0.05, 0.1) is 0 Å². The molecule has 0 saturated carbocycles. The van der Waals surface area contributed by atoms with Crippen molar-refractivity contribution in [2.24, 2.45) is 14.1 Å². The second kappa shape index (κ2) is 5.60. The zero-order valence-electron chi connectivity index (χ0n) is 13.3. The summed E-state index contributed by atoms with van der Waals surface area (Å²) in [6, 6.07) is 0. The van der Waals surface area contributed by atoms with Crippen molar-refractivity contribution >= 4 is 17.1 Å². The van der Waals surface area contributed by atoms with E-state index in [0.717, 1.165) is 38.5 Å². The SMILES string of the molecule is CCCn1c(=O)n(C)c(=O)c2c1nc(N1CCNCC1)n2C. The molecule has 3 rings (SSSR count). The molecule has 2 aromatic heterocycles. The number of nitrogens with zero attached hydrogens (tertiary/aromatic N) is 5. The molecule has 0 radical (unpaired) electrons. The predicted molar refractivity (Wildman–Crippen MR) is 85.6 cm³/mol. The van der Waals surface area contributed by atoms with Gasteiger partial charge in [0, 0.05) is 46.8 Å². The molecule has 1 fully saturated rings. The zero-order valence-corrected chi connectivity index (χ0v) is 13.3. The Bertz CT molecular complexity index is 809. The first kappa shape index (κ1) is 14.8. The van der Waals surface area contributed by atoms with Crippen LogP contribution in [0.25, 0.3) is 11.2 Å². The van der Waals surface area contributed by atoms with Crippen LogP contribution in [-0.2, 0) is 20.6 Å². The average molecular weight is 306 g/mol. The van der Waals surface area contributed by atoms with Crippen LogP contribution in [0.5, 0.6) is 0 Å². The van der Waals surface area contributed by atoms with Gasteiger partial charge in [0.2, 0.25) is 5.95 Å². The minimum absolute atomic E-state index is 0.288. The van der Waals surface area contributed by atoms with Gasteiger partial charge in [0.1, 0.15) is 0 Å². The number of aromatic nitrogens is 4. The van der Waals surface area contributed by atoms with Crippen molar-refractivity contribution in [3.05, 3.63) is 20.8 Å². The van der Waals surface area contributed by atoms with Crippen molar-refractivity contribution in [1.29, 1.82) is 0 Å². The fraction of sp³-hybridized carbons (Fsp3) is 0.643. The van der Waals surface area contributed by atoms with Gasteiger partial charge in [0.25, 0.3) is 5.56 Å². The molecular formula is C14H22N6O2. The van der Waals surface area contributed by atoms with Gasteiger partial charge < -0.3 is 14.8 Å². The van der Waals surface area contributed by atoms with E-state index in [4.69, 9.17) is 0 Å². The van der Waals surface area contributed by atoms with Gasteiger partial charge in [0.15, 0.2) is 11.2 Å². The molecule has 0 atom stereocenters. The van der Waals surface area contributed by atoms with E-state index in [1.165, 1.54) is 11.6 Å². The van der Waals surface area contributed by atoms with E-state index in [-0.39, 0.29) is 11.2 Å². The third kappa shape index (κ3) is 2.14. The Morgan fingerprint density at radius 1 is 1.14 bits per heavy atom. The monoisotopic (exact) mass is 306 g/mol. The fourth-order valence-corrected chi connectivity index (χ4v) is 2.99. The van der Waals surface area contributed by atoms with Crippen molar-refractivity contribution in [3.8, 4) is 0 Å². The lowest BCUT2D eigenvalue weighted by Gasteiger charge is -2.28. The summed E-state index contributed by atoms with van der Waals surface area (Å²) in [4.78, 5) is 31.6. The molecule has 0 aromatic carbocycles. The van der Waals surface area contributed by atoms with Crippen LogP contribution in [0, 0.1) is 0 Å². The molecule has 8 nitrogen and oxygen atoms in total. The summed E-state index contributed by atoms with van der Waals surface area (Å²) < 4.78 is 4.58. The molecule has 22 heavy (non-hydrogen) atoms. The predicted octanol–water partition coefficient (Wildman–Crippen LogP) is -0.747. The van der Waals surface area contributed by atoms with Crippen LogP contribution >= 0.6 is 0 Å². The largest absolute Gasteiger partial charge is 0.340 e. The molecule has 0 unspecified atom stereocenters. The molecule has 0 spiro atoms. The van der Waals surface area contributed by atoms with Crippen LogP contribution in [0.1, 0.15) is 13.3 Å². The van der Waals surface area contributed by atoms with Crippen LogP contribution in [0.2, 0.25) is 0 Å². The van der Waals surface area contributed by atoms with E-state index in [1.54, 1.807) is 4.57 Å². The number of piperazine rings is 1. The van der Waals surface area contributed by atoms with Gasteiger partial charge in [-0.25, -0.2) is 4.79 Å². The molecule has 1 aliphatic heterocycles. The molecule has 8 heteroatoms. The Morgan fingerprint density at radius 2 is 1.82 bits per heavy atom. The summed E-state index contributed by atoms with van der Waals surface area (Å²) in [5.41, 5.74) is 0.392. The van der Waals surface area contributed by atoms with E-state index in [1.807, 2.05) is 18.5 Å². The highest BCUT2D eigenvalue weighted by Crippen LogP contribution is 2.18. The van der Waals surface area contributed by atoms with Crippen LogP contribution in [0.3, 0.4) is 0 Å². The summed E-state index contributed by atoms with van der Waals surface area (Å²) in [6.07, 6.45) is 0.812. The topological polar surface area (TPSA) is 77.1 Å². The standard InChI is InChI=1S/C14H22N6O2/c1-4-7-20-11-10(12(21)18(3)14(20)22)17(2)13(16-11)19-8-5-15-6-9-19/h15H,4-9H2,1-3H3. The van der Waals surface area contributed by atoms with Gasteiger partial charge in [-0.1, -0.05) is 6.92 Å². The summed E-state index contributed by atoms with van der Waals surface area (Å²) in [5, 5.41) is 3.30. The second-order valence-electron chi connectivity index (χ2n) is 5.68. The third-order valence-electron chi connectivity index (χ3n) is 4.18. The second-order valence-corrected chi connectivity index (χ2v) is 5.68. The highest BCUT2D eigenvalue weighted by Gasteiger charge is 2.22. The Kier molecular flexibility index (Phi) is 3.78. The summed E-state index contributed by atoms with van der Waals surface area (Å²) in [5.74, 6) is 0.754. The number of rotatable bonds is 3. The van der Waals surface area contributed by atoms with Crippen LogP contribution < -0.4 is 21.5 Å². The molecule has 1 saturated heterocycles. The van der Waals surface area contributed by atoms with Crippen LogP contribution in [0.4, 0.5) is 5.95 Å². The first-order valence-corrected chi connectivity index (χ1v) is 7.68. The quantitative estimate of drug-likeness (QED) is 0.808. The minimum Gasteiger partial charge on any atom is -0.340 e. The molecule has 1 aliphatic rings. The Balaban J connectivity index is 2.28. The number of anilines is 1. The highest BCUT2D eigenvalue weighted by molar-refractivity contribution is 5.74. The number of nitrogens with one attached hydrogen (secondary N) is 1. The lowest BCUT2D eigenvalue weighted by Crippen LogP contribution is -2.44. The van der Waals surface area contributed by atoms with Crippen LogP contribution in [-0.4, -0.2) is 44.9 Å². The van der Waals surface area contributed by atoms with Gasteiger partial charge in [-0.05, 0) is 6.42 Å². The number of imidazole rings is 1. The van der Waals surface area contributed by atoms with E-state index >= 15 is 0 Å². The smallest absolute Gasteiger partial charge is 0.332 e. The van der Waals surface area contributed by atoms with Gasteiger partial charge in [-0.3, -0.25) is 13.9 Å². The van der Waals surface area contributed by atoms with Crippen molar-refractivity contribution in [3.63, 3.8) is 0 Å². The zero-order chi connectivity index (χ0) is 15.9. The lowest BCUT2D eigenvalue weighted by atomic mass is 10.4. The van der Waals surface area contributed by atoms with E-state index in [2.05, 4.69) is 15.2 Å². The number of hydrogen-bond donors (Lipinski definition) is 1. The normalized spacial score (nSPS) is 15.7. The van der Waals surface area contributed by atoms with Crippen molar-refractivity contribution in [2.75, 3.05) is 31.1 Å². The molecule has 1 N–H and O–H groups in total. The minimum atomic E-state index is -0.302. The average Bonchev–Trinajstić information content (AvgIpc) is 2.88. The maximum Gasteiger partial charge on any atom is 0.332 e. The molecule has 0 aliphatic carbocycles. The fourth-order valence-electron chi connectivity index (χ4n) is 2.99. The van der Waals surface area contributed by atoms with Crippen molar-refractivity contribution in [2.45, 2.75) is 19.9 Å². The van der Waals surface area contributed by atoms with E-state index in [9.17, 15) is 9.59 Å².